The Balaban J connectivity index is 2.08. The molecule has 0 spiro atoms. The van der Waals surface area contributed by atoms with Crippen LogP contribution in [0.4, 0.5) is 5.95 Å². The molecule has 1 heterocycles. The molecule has 0 fully saturated rings. The van der Waals surface area contributed by atoms with Crippen LogP contribution in [0.25, 0.3) is 0 Å². The summed E-state index contributed by atoms with van der Waals surface area (Å²) in [6.07, 6.45) is 2.36. The summed E-state index contributed by atoms with van der Waals surface area (Å²) in [6, 6.07) is 7.76. The maximum absolute atomic E-state index is 12.0. The summed E-state index contributed by atoms with van der Waals surface area (Å²) in [5, 5.41) is 8.45. The molecule has 9 heteroatoms. The van der Waals surface area contributed by atoms with E-state index in [0.29, 0.717) is 0 Å². The van der Waals surface area contributed by atoms with Gasteiger partial charge < -0.3 is 9.84 Å². The Morgan fingerprint density at radius 1 is 1.19 bits per heavy atom. The number of carbonyl (C=O) groups is 1. The first kappa shape index (κ1) is 14.7. The number of sulfonamides is 1. The number of hydrogen-bond acceptors (Lipinski definition) is 6. The fourth-order valence-corrected chi connectivity index (χ4v) is 2.35. The predicted molar refractivity (Wildman–Crippen MR) is 72.4 cm³/mol. The molecule has 110 valence electrons. The largest absolute Gasteiger partial charge is 0.479 e. The third-order valence-electron chi connectivity index (χ3n) is 2.27. The number of hydrogen-bond donors (Lipinski definition) is 2. The molecule has 0 atom stereocenters. The van der Waals surface area contributed by atoms with Gasteiger partial charge >= 0.3 is 5.97 Å². The van der Waals surface area contributed by atoms with Gasteiger partial charge in [-0.2, -0.15) is 0 Å². The van der Waals surface area contributed by atoms with Crippen molar-refractivity contribution in [2.24, 2.45) is 0 Å². The average molecular weight is 309 g/mol. The smallest absolute Gasteiger partial charge is 0.341 e. The van der Waals surface area contributed by atoms with E-state index in [-0.39, 0.29) is 16.6 Å². The Hall–Kier alpha value is -2.68. The Labute approximate surface area is 120 Å². The lowest BCUT2D eigenvalue weighted by Crippen LogP contribution is -2.15. The van der Waals surface area contributed by atoms with Crippen LogP contribution in [-0.4, -0.2) is 36.1 Å². The SMILES string of the molecule is O=C(O)COc1cnc(NS(=O)(=O)c2ccccc2)nc1. The molecule has 8 nitrogen and oxygen atoms in total. The molecular formula is C12H11N3O5S. The zero-order valence-corrected chi connectivity index (χ0v) is 11.4. The second kappa shape index (κ2) is 6.18. The van der Waals surface area contributed by atoms with E-state index in [4.69, 9.17) is 9.84 Å². The number of aromatic nitrogens is 2. The summed E-state index contributed by atoms with van der Waals surface area (Å²) in [4.78, 5) is 17.9. The highest BCUT2D eigenvalue weighted by atomic mass is 32.2. The molecule has 0 unspecified atom stereocenters. The van der Waals surface area contributed by atoms with Gasteiger partial charge in [-0.25, -0.2) is 27.9 Å². The molecular weight excluding hydrogens is 298 g/mol. The molecule has 0 saturated carbocycles. The minimum Gasteiger partial charge on any atom is -0.479 e. The highest BCUT2D eigenvalue weighted by Gasteiger charge is 2.14. The topological polar surface area (TPSA) is 118 Å². The highest BCUT2D eigenvalue weighted by Crippen LogP contribution is 2.14. The van der Waals surface area contributed by atoms with Crippen LogP contribution in [0.15, 0.2) is 47.6 Å². The molecule has 0 aliphatic heterocycles. The maximum Gasteiger partial charge on any atom is 0.341 e. The predicted octanol–water partition coefficient (Wildman–Crippen LogP) is 0.741. The summed E-state index contributed by atoms with van der Waals surface area (Å²) in [5.41, 5.74) is 0. The Morgan fingerprint density at radius 2 is 1.81 bits per heavy atom. The van der Waals surface area contributed by atoms with E-state index in [1.165, 1.54) is 24.5 Å². The number of ether oxygens (including phenoxy) is 1. The summed E-state index contributed by atoms with van der Waals surface area (Å²) in [6.45, 7) is -0.529. The molecule has 21 heavy (non-hydrogen) atoms. The molecule has 0 radical (unpaired) electrons. The molecule has 0 amide bonds. The minimum atomic E-state index is -3.76. The van der Waals surface area contributed by atoms with Crippen LogP contribution in [0.2, 0.25) is 0 Å². The Morgan fingerprint density at radius 3 is 2.38 bits per heavy atom. The third kappa shape index (κ3) is 4.14. The van der Waals surface area contributed by atoms with Crippen molar-refractivity contribution in [3.63, 3.8) is 0 Å². The van der Waals surface area contributed by atoms with E-state index >= 15 is 0 Å². The summed E-state index contributed by atoms with van der Waals surface area (Å²) in [7, 11) is -3.76. The van der Waals surface area contributed by atoms with E-state index in [1.54, 1.807) is 18.2 Å². The van der Waals surface area contributed by atoms with Crippen molar-refractivity contribution in [3.8, 4) is 5.75 Å². The summed E-state index contributed by atoms with van der Waals surface area (Å²) < 4.78 is 31.0. The molecule has 1 aromatic carbocycles. The number of rotatable bonds is 6. The fourth-order valence-electron chi connectivity index (χ4n) is 1.37. The van der Waals surface area contributed by atoms with Crippen molar-refractivity contribution in [1.82, 2.24) is 9.97 Å². The van der Waals surface area contributed by atoms with Crippen LogP contribution in [0.3, 0.4) is 0 Å². The van der Waals surface area contributed by atoms with Crippen molar-refractivity contribution in [2.45, 2.75) is 4.90 Å². The highest BCUT2D eigenvalue weighted by molar-refractivity contribution is 7.92. The van der Waals surface area contributed by atoms with Gasteiger partial charge in [0.25, 0.3) is 10.0 Å². The van der Waals surface area contributed by atoms with E-state index in [9.17, 15) is 13.2 Å². The van der Waals surface area contributed by atoms with Gasteiger partial charge in [0.05, 0.1) is 17.3 Å². The minimum absolute atomic E-state index is 0.0832. The molecule has 2 N–H and O–H groups in total. The van der Waals surface area contributed by atoms with E-state index in [0.717, 1.165) is 0 Å². The van der Waals surface area contributed by atoms with Gasteiger partial charge in [-0.3, -0.25) is 0 Å². The van der Waals surface area contributed by atoms with Crippen molar-refractivity contribution in [3.05, 3.63) is 42.7 Å². The Bertz CT molecular complexity index is 716. The quantitative estimate of drug-likeness (QED) is 0.807. The van der Waals surface area contributed by atoms with Crippen LogP contribution in [0.5, 0.6) is 5.75 Å². The molecule has 1 aromatic heterocycles. The standard InChI is InChI=1S/C12H11N3O5S/c16-11(17)8-20-9-6-13-12(14-7-9)15-21(18,19)10-4-2-1-3-5-10/h1-7H,8H2,(H,16,17)(H,13,14,15). The number of carboxylic acids is 1. The fraction of sp³-hybridized carbons (Fsp3) is 0.0833. The second-order valence-corrected chi connectivity index (χ2v) is 5.53. The van der Waals surface area contributed by atoms with Crippen molar-refractivity contribution in [1.29, 1.82) is 0 Å². The molecule has 2 aromatic rings. The van der Waals surface area contributed by atoms with Crippen LogP contribution >= 0.6 is 0 Å². The van der Waals surface area contributed by atoms with Gasteiger partial charge in [0, 0.05) is 0 Å². The van der Waals surface area contributed by atoms with Crippen LogP contribution in [0.1, 0.15) is 0 Å². The molecule has 0 saturated heterocycles. The van der Waals surface area contributed by atoms with Crippen molar-refractivity contribution >= 4 is 21.9 Å². The first-order chi connectivity index (χ1) is 9.97. The van der Waals surface area contributed by atoms with Gasteiger partial charge in [0.15, 0.2) is 12.4 Å². The molecule has 0 aliphatic rings. The number of carboxylic acid groups (broad SMARTS) is 1. The number of benzene rings is 1. The maximum atomic E-state index is 12.0. The monoisotopic (exact) mass is 309 g/mol. The first-order valence-electron chi connectivity index (χ1n) is 5.72. The van der Waals surface area contributed by atoms with Crippen LogP contribution < -0.4 is 9.46 Å². The summed E-state index contributed by atoms with van der Waals surface area (Å²) >= 11 is 0. The molecule has 2 rings (SSSR count). The lowest BCUT2D eigenvalue weighted by atomic mass is 10.4. The normalized spacial score (nSPS) is 10.9. The lowest BCUT2D eigenvalue weighted by molar-refractivity contribution is -0.139. The van der Waals surface area contributed by atoms with E-state index in [2.05, 4.69) is 14.7 Å². The Kier molecular flexibility index (Phi) is 4.33. The van der Waals surface area contributed by atoms with Gasteiger partial charge in [-0.05, 0) is 12.1 Å². The van der Waals surface area contributed by atoms with E-state index in [1.807, 2.05) is 0 Å². The average Bonchev–Trinajstić information content (AvgIpc) is 2.47. The summed E-state index contributed by atoms with van der Waals surface area (Å²) in [5.74, 6) is -1.15. The number of anilines is 1. The van der Waals surface area contributed by atoms with Gasteiger partial charge in [0.2, 0.25) is 5.95 Å². The van der Waals surface area contributed by atoms with E-state index < -0.39 is 22.6 Å². The van der Waals surface area contributed by atoms with Crippen LogP contribution in [-0.2, 0) is 14.8 Å². The van der Waals surface area contributed by atoms with Gasteiger partial charge in [0.1, 0.15) is 0 Å². The van der Waals surface area contributed by atoms with Crippen molar-refractivity contribution in [2.75, 3.05) is 11.3 Å². The third-order valence-corrected chi connectivity index (χ3v) is 3.61. The zero-order valence-electron chi connectivity index (χ0n) is 10.6. The van der Waals surface area contributed by atoms with Crippen LogP contribution in [0, 0.1) is 0 Å². The van der Waals surface area contributed by atoms with Gasteiger partial charge in [-0.15, -0.1) is 0 Å². The number of nitrogens with zero attached hydrogens (tertiary/aromatic N) is 2. The number of aliphatic carboxylic acids is 1. The molecule has 0 bridgehead atoms. The zero-order chi connectivity index (χ0) is 15.3. The second-order valence-electron chi connectivity index (χ2n) is 3.84. The first-order valence-corrected chi connectivity index (χ1v) is 7.20. The molecule has 0 aliphatic carbocycles. The lowest BCUT2D eigenvalue weighted by Gasteiger charge is -2.07. The number of nitrogens with one attached hydrogen (secondary N) is 1. The van der Waals surface area contributed by atoms with Gasteiger partial charge in [-0.1, -0.05) is 18.2 Å². The van der Waals surface area contributed by atoms with Crippen molar-refractivity contribution < 1.29 is 23.1 Å².